The van der Waals surface area contributed by atoms with Crippen molar-refractivity contribution in [1.29, 1.82) is 0 Å². The number of ketones is 1. The normalized spacial score (nSPS) is 22.4. The maximum Gasteiger partial charge on any atom is 0.315 e. The Labute approximate surface area is 198 Å². The molecule has 0 saturated carbocycles. The number of esters is 1. The number of nitrogens with zero attached hydrogens (tertiary/aromatic N) is 1. The number of carbonyl (C=O) groups excluding carboxylic acids is 2. The average Bonchev–Trinajstić information content (AvgIpc) is 2.82. The molecule has 0 N–H and O–H groups in total. The number of Topliss-reactive ketones (excluding diaryl/α,β-unsaturated/α-hetero) is 1. The predicted molar refractivity (Wildman–Crippen MR) is 126 cm³/mol. The molecule has 0 amide bonds. The Hall–Kier alpha value is -3.12. The van der Waals surface area contributed by atoms with Crippen molar-refractivity contribution in [1.82, 2.24) is 0 Å². The minimum Gasteiger partial charge on any atom is -0.493 e. The fourth-order valence-electron chi connectivity index (χ4n) is 4.96. The van der Waals surface area contributed by atoms with E-state index in [-0.39, 0.29) is 11.7 Å². The zero-order valence-electron chi connectivity index (χ0n) is 19.1. The molecule has 3 atom stereocenters. The number of rotatable bonds is 5. The summed E-state index contributed by atoms with van der Waals surface area (Å²) >= 11 is 6.04. The first-order valence-corrected chi connectivity index (χ1v) is 11.1. The van der Waals surface area contributed by atoms with E-state index in [2.05, 4.69) is 0 Å². The first-order valence-electron chi connectivity index (χ1n) is 10.7. The van der Waals surface area contributed by atoms with Crippen LogP contribution in [0.3, 0.4) is 0 Å². The van der Waals surface area contributed by atoms with E-state index in [1.807, 2.05) is 36.4 Å². The first-order chi connectivity index (χ1) is 15.9. The summed E-state index contributed by atoms with van der Waals surface area (Å²) in [6.07, 6.45) is 0.919. The third-order valence-electron chi connectivity index (χ3n) is 6.45. The van der Waals surface area contributed by atoms with E-state index in [1.165, 1.54) is 7.11 Å². The third kappa shape index (κ3) is 4.15. The van der Waals surface area contributed by atoms with Gasteiger partial charge in [0.1, 0.15) is 5.92 Å². The lowest BCUT2D eigenvalue weighted by Crippen LogP contribution is -2.38. The summed E-state index contributed by atoms with van der Waals surface area (Å²) in [7, 11) is 4.45. The van der Waals surface area contributed by atoms with E-state index >= 15 is 0 Å². The number of methoxy groups -OCH3 is 3. The van der Waals surface area contributed by atoms with Crippen LogP contribution >= 0.6 is 11.6 Å². The average molecular weight is 468 g/mol. The second kappa shape index (κ2) is 9.40. The van der Waals surface area contributed by atoms with Crippen molar-refractivity contribution in [3.63, 3.8) is 0 Å². The molecule has 1 aliphatic carbocycles. The Bertz CT molecular complexity index is 1150. The van der Waals surface area contributed by atoms with Crippen LogP contribution in [0.25, 0.3) is 0 Å². The number of para-hydroxylation sites is 1. The van der Waals surface area contributed by atoms with Crippen molar-refractivity contribution < 1.29 is 23.8 Å². The van der Waals surface area contributed by atoms with Crippen LogP contribution in [-0.2, 0) is 14.3 Å². The molecule has 2 aromatic rings. The topological polar surface area (TPSA) is 74.2 Å². The molecule has 7 heteroatoms. The van der Waals surface area contributed by atoms with Gasteiger partial charge in [-0.1, -0.05) is 35.9 Å². The Morgan fingerprint density at radius 3 is 2.39 bits per heavy atom. The summed E-state index contributed by atoms with van der Waals surface area (Å²) in [6, 6.07) is 13.0. The van der Waals surface area contributed by atoms with Crippen LogP contribution in [0.1, 0.15) is 42.7 Å². The standard InChI is InChI=1S/C26H26ClNO5/c1-14-22(26(30)33-4)23(18-6-5-7-21(31-2)25(18)32-3)24-19(28-14)12-16(13-20(24)29)15-8-10-17(27)11-9-15/h5-11,16,22-23H,12-13H2,1-4H3/t16-,22?,23+/m1/s1. The molecule has 1 aliphatic heterocycles. The third-order valence-corrected chi connectivity index (χ3v) is 6.71. The van der Waals surface area contributed by atoms with Crippen LogP contribution in [0.4, 0.5) is 0 Å². The Morgan fingerprint density at radius 1 is 1.03 bits per heavy atom. The van der Waals surface area contributed by atoms with Crippen molar-refractivity contribution >= 4 is 29.1 Å². The van der Waals surface area contributed by atoms with Gasteiger partial charge in [0.05, 0.1) is 21.3 Å². The smallest absolute Gasteiger partial charge is 0.315 e. The van der Waals surface area contributed by atoms with Crippen LogP contribution in [0.5, 0.6) is 11.5 Å². The van der Waals surface area contributed by atoms with Crippen LogP contribution in [-0.4, -0.2) is 38.8 Å². The highest BCUT2D eigenvalue weighted by atomic mass is 35.5. The van der Waals surface area contributed by atoms with Gasteiger partial charge in [0, 0.05) is 39.9 Å². The predicted octanol–water partition coefficient (Wildman–Crippen LogP) is 5.11. The van der Waals surface area contributed by atoms with Crippen LogP contribution in [0.15, 0.2) is 58.7 Å². The van der Waals surface area contributed by atoms with Crippen LogP contribution < -0.4 is 9.47 Å². The lowest BCUT2D eigenvalue weighted by molar-refractivity contribution is -0.143. The fraction of sp³-hybridized carbons (Fsp3) is 0.346. The van der Waals surface area contributed by atoms with E-state index in [9.17, 15) is 9.59 Å². The zero-order chi connectivity index (χ0) is 23.7. The van der Waals surface area contributed by atoms with Crippen molar-refractivity contribution in [2.24, 2.45) is 10.9 Å². The SMILES string of the molecule is COC(=O)C1C(C)=NC2=C(C(=O)C[C@H](c3ccc(Cl)cc3)C2)[C@H]1c1cccc(OC)c1OC. The second-order valence-corrected chi connectivity index (χ2v) is 8.69. The van der Waals surface area contributed by atoms with Crippen molar-refractivity contribution in [3.05, 3.63) is 69.9 Å². The van der Waals surface area contributed by atoms with Gasteiger partial charge in [-0.15, -0.1) is 0 Å². The molecule has 0 aromatic heterocycles. The van der Waals surface area contributed by atoms with E-state index in [0.717, 1.165) is 5.56 Å². The van der Waals surface area contributed by atoms with E-state index in [1.54, 1.807) is 27.2 Å². The van der Waals surface area contributed by atoms with Crippen molar-refractivity contribution in [3.8, 4) is 11.5 Å². The molecule has 2 aliphatic rings. The molecule has 1 unspecified atom stereocenters. The summed E-state index contributed by atoms with van der Waals surface area (Å²) in [5.74, 6) is -0.759. The number of benzene rings is 2. The van der Waals surface area contributed by atoms with Gasteiger partial charge >= 0.3 is 5.97 Å². The summed E-state index contributed by atoms with van der Waals surface area (Å²) in [4.78, 5) is 31.2. The molecule has 2 aromatic carbocycles. The molecule has 172 valence electrons. The number of hydrogen-bond acceptors (Lipinski definition) is 6. The number of halogens is 1. The summed E-state index contributed by atoms with van der Waals surface area (Å²) in [6.45, 7) is 1.81. The van der Waals surface area contributed by atoms with E-state index in [0.29, 0.717) is 51.9 Å². The van der Waals surface area contributed by atoms with Gasteiger partial charge in [-0.25, -0.2) is 0 Å². The molecule has 0 radical (unpaired) electrons. The highest BCUT2D eigenvalue weighted by Crippen LogP contribution is 2.50. The van der Waals surface area contributed by atoms with Crippen LogP contribution in [0, 0.1) is 5.92 Å². The lowest BCUT2D eigenvalue weighted by Gasteiger charge is -2.37. The lowest BCUT2D eigenvalue weighted by atomic mass is 9.69. The largest absolute Gasteiger partial charge is 0.493 e. The van der Waals surface area contributed by atoms with Crippen molar-refractivity contribution in [2.45, 2.75) is 31.6 Å². The Morgan fingerprint density at radius 2 is 1.76 bits per heavy atom. The van der Waals surface area contributed by atoms with Gasteiger partial charge in [-0.3, -0.25) is 14.6 Å². The molecular formula is C26H26ClNO5. The minimum absolute atomic E-state index is 0.00685. The molecular weight excluding hydrogens is 442 g/mol. The summed E-state index contributed by atoms with van der Waals surface area (Å²) < 4.78 is 16.3. The second-order valence-electron chi connectivity index (χ2n) is 8.25. The monoisotopic (exact) mass is 467 g/mol. The van der Waals surface area contributed by atoms with Crippen LogP contribution in [0.2, 0.25) is 5.02 Å². The van der Waals surface area contributed by atoms with Gasteiger partial charge in [0.2, 0.25) is 0 Å². The molecule has 0 bridgehead atoms. The van der Waals surface area contributed by atoms with Gasteiger partial charge in [-0.2, -0.15) is 0 Å². The molecule has 0 saturated heterocycles. The molecule has 6 nitrogen and oxygen atoms in total. The zero-order valence-corrected chi connectivity index (χ0v) is 19.8. The Balaban J connectivity index is 1.87. The number of allylic oxidation sites excluding steroid dienone is 2. The maximum atomic E-state index is 13.6. The maximum absolute atomic E-state index is 13.6. The van der Waals surface area contributed by atoms with Gasteiger partial charge in [-0.05, 0) is 43.0 Å². The molecule has 0 fully saturated rings. The molecule has 0 spiro atoms. The Kier molecular flexibility index (Phi) is 6.56. The van der Waals surface area contributed by atoms with Crippen molar-refractivity contribution in [2.75, 3.05) is 21.3 Å². The molecule has 4 rings (SSSR count). The highest BCUT2D eigenvalue weighted by Gasteiger charge is 2.45. The van der Waals surface area contributed by atoms with E-state index in [4.69, 9.17) is 30.8 Å². The van der Waals surface area contributed by atoms with Gasteiger partial charge < -0.3 is 14.2 Å². The number of carbonyl (C=O) groups is 2. The summed E-state index contributed by atoms with van der Waals surface area (Å²) in [5.41, 5.74) is 3.61. The van der Waals surface area contributed by atoms with Gasteiger partial charge in [0.25, 0.3) is 0 Å². The fourth-order valence-corrected chi connectivity index (χ4v) is 5.08. The van der Waals surface area contributed by atoms with E-state index < -0.39 is 17.8 Å². The number of aliphatic imine (C=N–C) groups is 1. The number of hydrogen-bond donors (Lipinski definition) is 0. The minimum atomic E-state index is -0.731. The number of ether oxygens (including phenoxy) is 3. The van der Waals surface area contributed by atoms with Gasteiger partial charge in [0.15, 0.2) is 17.3 Å². The molecule has 1 heterocycles. The summed E-state index contributed by atoms with van der Waals surface area (Å²) in [5, 5.41) is 0.651. The highest BCUT2D eigenvalue weighted by molar-refractivity contribution is 6.30. The first kappa shape index (κ1) is 23.1. The quantitative estimate of drug-likeness (QED) is 0.571. The molecule has 33 heavy (non-hydrogen) atoms.